The molecule has 1 rings (SSSR count). The Balaban J connectivity index is 0. The van der Waals surface area contributed by atoms with Crippen molar-refractivity contribution < 1.29 is 20.5 Å². The van der Waals surface area contributed by atoms with E-state index in [-0.39, 0.29) is 16.8 Å². The van der Waals surface area contributed by atoms with Crippen LogP contribution in [0.2, 0.25) is 0 Å². The van der Waals surface area contributed by atoms with Crippen LogP contribution in [0.3, 0.4) is 0 Å². The Kier molecular flexibility index (Phi) is 8.01. The number of benzene rings is 1. The Morgan fingerprint density at radius 1 is 1.23 bits per heavy atom. The maximum atomic E-state index is 10.8. The first-order valence-electron chi connectivity index (χ1n) is 3.43. The van der Waals surface area contributed by atoms with Gasteiger partial charge in [-0.3, -0.25) is 4.79 Å². The molecule has 0 fully saturated rings. The predicted molar refractivity (Wildman–Crippen MR) is 52.9 cm³/mol. The maximum absolute atomic E-state index is 10.8. The summed E-state index contributed by atoms with van der Waals surface area (Å²) in [6, 6.07) is 9.52. The van der Waals surface area contributed by atoms with E-state index in [1.54, 1.807) is 0 Å². The molecule has 13 heavy (non-hydrogen) atoms. The summed E-state index contributed by atoms with van der Waals surface area (Å²) in [6.45, 7) is 0. The monoisotopic (exact) mass is 184 g/mol. The van der Waals surface area contributed by atoms with Crippen molar-refractivity contribution in [3.8, 4) is 0 Å². The van der Waals surface area contributed by atoms with Gasteiger partial charge in [-0.1, -0.05) is 35.8 Å². The third-order valence-electron chi connectivity index (χ3n) is 1.42. The van der Waals surface area contributed by atoms with Crippen LogP contribution in [0.15, 0.2) is 30.3 Å². The molecule has 0 aliphatic heterocycles. The molecule has 72 valence electrons. The Labute approximate surface area is 77.4 Å². The molecule has 0 radical (unpaired) electrons. The Hall–Kier alpha value is -1.33. The second kappa shape index (κ2) is 7.33. The number of methoxy groups -OCH3 is 1. The van der Waals surface area contributed by atoms with Crippen LogP contribution in [0.4, 0.5) is 4.79 Å². The lowest BCUT2D eigenvalue weighted by molar-refractivity contribution is 0.198. The fourth-order valence-corrected chi connectivity index (χ4v) is 0.835. The van der Waals surface area contributed by atoms with Crippen LogP contribution >= 0.6 is 0 Å². The average molecular weight is 184 g/mol. The summed E-state index contributed by atoms with van der Waals surface area (Å²) in [4.78, 5) is 10.8. The third kappa shape index (κ3) is 5.00. The molecule has 0 unspecified atom stereocenters. The number of ether oxygens (including phenoxy) is 1. The highest BCUT2D eigenvalue weighted by atomic mass is 16.5. The molecule has 0 atom stereocenters. The Bertz CT molecular complexity index is 237. The zero-order chi connectivity index (χ0) is 8.10. The number of carbonyl (C=O) groups excluding carboxylic acids is 1. The first-order chi connectivity index (χ1) is 5.33. The number of hydrogen-bond acceptors (Lipinski definition) is 2. The van der Waals surface area contributed by atoms with Crippen LogP contribution in [0, 0.1) is 0 Å². The van der Waals surface area contributed by atoms with Gasteiger partial charge in [0, 0.05) is 0 Å². The van der Waals surface area contributed by atoms with E-state index in [1.807, 2.05) is 30.3 Å². The van der Waals surface area contributed by atoms with E-state index in [1.165, 1.54) is 7.11 Å². The minimum atomic E-state index is -0.198. The molecule has 1 aromatic rings. The van der Waals surface area contributed by atoms with Crippen molar-refractivity contribution in [1.29, 1.82) is 0 Å². The van der Waals surface area contributed by atoms with Crippen molar-refractivity contribution in [2.24, 2.45) is 0 Å². The number of rotatable bonds is 2. The highest BCUT2D eigenvalue weighted by molar-refractivity contribution is 6.82. The summed E-state index contributed by atoms with van der Waals surface area (Å²) in [7, 11) is 1.75. The van der Waals surface area contributed by atoms with Crippen LogP contribution in [0.25, 0.3) is 0 Å². The van der Waals surface area contributed by atoms with Crippen molar-refractivity contribution in [2.75, 3.05) is 7.11 Å². The van der Waals surface area contributed by atoms with E-state index < -0.39 is 0 Å². The van der Waals surface area contributed by atoms with Gasteiger partial charge in [-0.15, -0.1) is 0 Å². The van der Waals surface area contributed by atoms with Crippen molar-refractivity contribution >= 4 is 18.6 Å². The summed E-state index contributed by atoms with van der Waals surface area (Å²) < 4.78 is 4.52. The Morgan fingerprint density at radius 2 is 1.77 bits per heavy atom. The minimum absolute atomic E-state index is 0. The first-order valence-corrected chi connectivity index (χ1v) is 3.43. The van der Waals surface area contributed by atoms with E-state index in [4.69, 9.17) is 0 Å². The van der Waals surface area contributed by atoms with Crippen molar-refractivity contribution in [3.63, 3.8) is 0 Å². The normalized spacial score (nSPS) is 7.46. The molecule has 5 heteroatoms. The van der Waals surface area contributed by atoms with E-state index in [9.17, 15) is 4.79 Å². The van der Waals surface area contributed by atoms with E-state index in [2.05, 4.69) is 4.74 Å². The smallest absolute Gasteiger partial charge is 0.293 e. The van der Waals surface area contributed by atoms with Gasteiger partial charge < -0.3 is 15.7 Å². The first kappa shape index (κ1) is 14.2. The van der Waals surface area contributed by atoms with Gasteiger partial charge in [-0.25, -0.2) is 0 Å². The summed E-state index contributed by atoms with van der Waals surface area (Å²) in [5, 5.41) is 0. The van der Waals surface area contributed by atoms with Crippen LogP contribution in [0.5, 0.6) is 0 Å². The van der Waals surface area contributed by atoms with Gasteiger partial charge in [0.2, 0.25) is 0 Å². The second-order valence-corrected chi connectivity index (χ2v) is 2.24. The second-order valence-electron chi connectivity index (χ2n) is 2.24. The lowest BCUT2D eigenvalue weighted by Gasteiger charge is -1.95. The summed E-state index contributed by atoms with van der Waals surface area (Å²) in [5.74, 6) is -0.198. The van der Waals surface area contributed by atoms with Gasteiger partial charge in [-0.2, -0.15) is 0 Å². The quantitative estimate of drug-likeness (QED) is 0.544. The molecular formula is C8H13BO4. The van der Waals surface area contributed by atoms with Gasteiger partial charge in [-0.05, 0) is 0 Å². The number of carbonyl (C=O) groups is 1. The van der Waals surface area contributed by atoms with Crippen LogP contribution in [-0.2, 0) is 4.74 Å². The molecule has 0 saturated heterocycles. The standard InChI is InChI=1S/C8H9BO2.2H2O/c1-11-8(10)9-7-5-3-2-4-6-7;;/h2-6,9H,1H3;2*1H2. The predicted octanol–water partition coefficient (Wildman–Crippen LogP) is -1.13. The highest BCUT2D eigenvalue weighted by Gasteiger charge is 2.03. The van der Waals surface area contributed by atoms with Gasteiger partial charge in [0.1, 0.15) is 0 Å². The van der Waals surface area contributed by atoms with Crippen molar-refractivity contribution in [2.45, 2.75) is 0 Å². The lowest BCUT2D eigenvalue weighted by atomic mass is 9.71. The third-order valence-corrected chi connectivity index (χ3v) is 1.42. The highest BCUT2D eigenvalue weighted by Crippen LogP contribution is 1.82. The summed E-state index contributed by atoms with van der Waals surface area (Å²) in [5.41, 5.74) is 0.986. The summed E-state index contributed by atoms with van der Waals surface area (Å²) >= 11 is 0. The van der Waals surface area contributed by atoms with Crippen molar-refractivity contribution in [1.82, 2.24) is 0 Å². The summed E-state index contributed by atoms with van der Waals surface area (Å²) in [6.07, 6.45) is 0. The fraction of sp³-hybridized carbons (Fsp3) is 0.125. The molecule has 0 aliphatic rings. The van der Waals surface area contributed by atoms with E-state index in [0.29, 0.717) is 7.28 Å². The number of hydrogen-bond donors (Lipinski definition) is 0. The zero-order valence-corrected chi connectivity index (χ0v) is 7.41. The molecular weight excluding hydrogens is 171 g/mol. The van der Waals surface area contributed by atoms with Crippen LogP contribution in [0.1, 0.15) is 0 Å². The van der Waals surface area contributed by atoms with Gasteiger partial charge in [0.15, 0.2) is 0 Å². The topological polar surface area (TPSA) is 89.3 Å². The van der Waals surface area contributed by atoms with E-state index >= 15 is 0 Å². The van der Waals surface area contributed by atoms with Gasteiger partial charge in [0.05, 0.1) is 7.11 Å². The van der Waals surface area contributed by atoms with Gasteiger partial charge >= 0.3 is 0 Å². The molecule has 0 spiro atoms. The zero-order valence-electron chi connectivity index (χ0n) is 7.41. The molecule has 0 aliphatic carbocycles. The van der Waals surface area contributed by atoms with Gasteiger partial charge in [0.25, 0.3) is 13.1 Å². The molecule has 0 aromatic heterocycles. The minimum Gasteiger partial charge on any atom is -0.477 e. The largest absolute Gasteiger partial charge is 0.477 e. The maximum Gasteiger partial charge on any atom is 0.293 e. The molecule has 0 saturated carbocycles. The van der Waals surface area contributed by atoms with Crippen LogP contribution in [-0.4, -0.2) is 31.2 Å². The lowest BCUT2D eigenvalue weighted by Crippen LogP contribution is -2.22. The fourth-order valence-electron chi connectivity index (χ4n) is 0.835. The molecule has 0 amide bonds. The van der Waals surface area contributed by atoms with E-state index in [0.717, 1.165) is 5.46 Å². The molecule has 4 N–H and O–H groups in total. The van der Waals surface area contributed by atoms with Crippen molar-refractivity contribution in [3.05, 3.63) is 30.3 Å². The average Bonchev–Trinajstić information content (AvgIpc) is 2.06. The molecule has 0 bridgehead atoms. The molecule has 0 heterocycles. The molecule has 1 aromatic carbocycles. The SMILES string of the molecule is COC(=O)Bc1ccccc1.O.O. The Morgan fingerprint density at radius 3 is 2.23 bits per heavy atom. The molecule has 4 nitrogen and oxygen atoms in total. The van der Waals surface area contributed by atoms with Crippen LogP contribution < -0.4 is 5.46 Å².